The van der Waals surface area contributed by atoms with Crippen LogP contribution in [0, 0.1) is 0 Å². The van der Waals surface area contributed by atoms with Crippen molar-refractivity contribution in [3.8, 4) is 11.3 Å². The van der Waals surface area contributed by atoms with Crippen molar-refractivity contribution < 1.29 is 4.42 Å². The van der Waals surface area contributed by atoms with Gasteiger partial charge in [0.25, 0.3) is 0 Å². The van der Waals surface area contributed by atoms with Gasteiger partial charge in [0.1, 0.15) is 11.2 Å². The molecular formula is C29H17NO. The van der Waals surface area contributed by atoms with E-state index in [-0.39, 0.29) is 0 Å². The third-order valence-electron chi connectivity index (χ3n) is 6.24. The van der Waals surface area contributed by atoms with Crippen molar-refractivity contribution in [3.05, 3.63) is 103 Å². The van der Waals surface area contributed by atoms with E-state index in [4.69, 9.17) is 4.42 Å². The Balaban J connectivity index is 1.48. The molecule has 2 nitrogen and oxygen atoms in total. The summed E-state index contributed by atoms with van der Waals surface area (Å²) in [6, 6.07) is 34.2. The Labute approximate surface area is 178 Å². The van der Waals surface area contributed by atoms with Crippen molar-refractivity contribution in [1.29, 1.82) is 0 Å². The molecule has 0 spiro atoms. The Morgan fingerprint density at radius 2 is 1.19 bits per heavy atom. The van der Waals surface area contributed by atoms with E-state index in [0.29, 0.717) is 0 Å². The predicted octanol–water partition coefficient (Wildman–Crippen LogP) is 8.11. The summed E-state index contributed by atoms with van der Waals surface area (Å²) in [4.78, 5) is 4.67. The first-order valence-corrected chi connectivity index (χ1v) is 10.5. The summed E-state index contributed by atoms with van der Waals surface area (Å²) in [7, 11) is 0. The highest BCUT2D eigenvalue weighted by Crippen LogP contribution is 2.36. The Kier molecular flexibility index (Phi) is 3.30. The number of pyridine rings is 1. The van der Waals surface area contributed by atoms with Crippen molar-refractivity contribution in [3.63, 3.8) is 0 Å². The molecule has 144 valence electrons. The monoisotopic (exact) mass is 395 g/mol. The SMILES string of the molecule is c1ccc2cc3cc4c(cc3cc2c1)oc1cc(-c2nccc3ccccc23)ccc14. The first kappa shape index (κ1) is 16.6. The van der Waals surface area contributed by atoms with Gasteiger partial charge in [-0.2, -0.15) is 0 Å². The lowest BCUT2D eigenvalue weighted by Gasteiger charge is -2.05. The van der Waals surface area contributed by atoms with E-state index in [9.17, 15) is 0 Å². The van der Waals surface area contributed by atoms with Crippen LogP contribution in [0.5, 0.6) is 0 Å². The van der Waals surface area contributed by atoms with Crippen LogP contribution in [-0.4, -0.2) is 4.98 Å². The van der Waals surface area contributed by atoms with Crippen LogP contribution in [0.15, 0.2) is 108 Å². The third-order valence-corrected chi connectivity index (χ3v) is 6.24. The molecule has 5 aromatic carbocycles. The highest BCUT2D eigenvalue weighted by atomic mass is 16.3. The van der Waals surface area contributed by atoms with E-state index in [1.54, 1.807) is 0 Å². The number of hydrogen-bond donors (Lipinski definition) is 0. The van der Waals surface area contributed by atoms with Crippen molar-refractivity contribution in [2.75, 3.05) is 0 Å². The molecular weight excluding hydrogens is 378 g/mol. The average Bonchev–Trinajstić information content (AvgIpc) is 3.17. The highest BCUT2D eigenvalue weighted by molar-refractivity contribution is 6.12. The van der Waals surface area contributed by atoms with Crippen LogP contribution in [0.3, 0.4) is 0 Å². The molecule has 0 atom stereocenters. The zero-order chi connectivity index (χ0) is 20.4. The molecule has 31 heavy (non-hydrogen) atoms. The van der Waals surface area contributed by atoms with E-state index in [0.717, 1.165) is 38.6 Å². The van der Waals surface area contributed by atoms with Gasteiger partial charge >= 0.3 is 0 Å². The van der Waals surface area contributed by atoms with Gasteiger partial charge in [0.2, 0.25) is 0 Å². The minimum absolute atomic E-state index is 0.891. The van der Waals surface area contributed by atoms with Crippen LogP contribution >= 0.6 is 0 Å². The van der Waals surface area contributed by atoms with Gasteiger partial charge in [-0.15, -0.1) is 0 Å². The molecule has 2 heterocycles. The molecule has 2 heteroatoms. The number of rotatable bonds is 1. The van der Waals surface area contributed by atoms with Crippen LogP contribution in [0.2, 0.25) is 0 Å². The summed E-state index contributed by atoms with van der Waals surface area (Å²) in [6.45, 7) is 0. The number of benzene rings is 5. The van der Waals surface area contributed by atoms with E-state index in [1.807, 2.05) is 12.3 Å². The minimum atomic E-state index is 0.891. The lowest BCUT2D eigenvalue weighted by molar-refractivity contribution is 0.669. The summed E-state index contributed by atoms with van der Waals surface area (Å²) < 4.78 is 6.32. The molecule has 0 saturated heterocycles. The quantitative estimate of drug-likeness (QED) is 0.262. The summed E-state index contributed by atoms with van der Waals surface area (Å²) in [5.74, 6) is 0. The Morgan fingerprint density at radius 1 is 0.484 bits per heavy atom. The fourth-order valence-electron chi connectivity index (χ4n) is 4.71. The summed E-state index contributed by atoms with van der Waals surface area (Å²) in [6.07, 6.45) is 1.87. The van der Waals surface area contributed by atoms with Gasteiger partial charge < -0.3 is 4.42 Å². The number of furan rings is 1. The van der Waals surface area contributed by atoms with Gasteiger partial charge in [0, 0.05) is 27.9 Å². The number of fused-ring (bicyclic) bond motifs is 6. The molecule has 0 N–H and O–H groups in total. The maximum absolute atomic E-state index is 6.32. The lowest BCUT2D eigenvalue weighted by atomic mass is 10.0. The van der Waals surface area contributed by atoms with E-state index in [1.165, 1.54) is 26.9 Å². The van der Waals surface area contributed by atoms with Crippen LogP contribution < -0.4 is 0 Å². The molecule has 0 aliphatic carbocycles. The van der Waals surface area contributed by atoms with Gasteiger partial charge in [0.15, 0.2) is 0 Å². The van der Waals surface area contributed by atoms with E-state index < -0.39 is 0 Å². The van der Waals surface area contributed by atoms with Crippen molar-refractivity contribution in [2.24, 2.45) is 0 Å². The molecule has 2 aromatic heterocycles. The second-order valence-electron chi connectivity index (χ2n) is 8.09. The van der Waals surface area contributed by atoms with E-state index in [2.05, 4.69) is 96.0 Å². The van der Waals surface area contributed by atoms with Gasteiger partial charge in [-0.25, -0.2) is 0 Å². The predicted molar refractivity (Wildman–Crippen MR) is 129 cm³/mol. The number of hydrogen-bond acceptors (Lipinski definition) is 2. The van der Waals surface area contributed by atoms with Gasteiger partial charge in [0.05, 0.1) is 5.69 Å². The second kappa shape index (κ2) is 6.16. The molecule has 0 saturated carbocycles. The standard InChI is InChI=1S/C29H17NO/c1-2-7-20-14-23-17-28-26(15-22(23)13-19(20)6-1)25-10-9-21(16-27(25)31-28)29-24-8-4-3-5-18(24)11-12-30-29/h1-17H. The zero-order valence-electron chi connectivity index (χ0n) is 16.7. The van der Waals surface area contributed by atoms with E-state index >= 15 is 0 Å². The molecule has 7 rings (SSSR count). The molecule has 7 aromatic rings. The summed E-state index contributed by atoms with van der Waals surface area (Å²) >= 11 is 0. The first-order valence-electron chi connectivity index (χ1n) is 10.5. The fourth-order valence-corrected chi connectivity index (χ4v) is 4.71. The van der Waals surface area contributed by atoms with Crippen LogP contribution in [0.4, 0.5) is 0 Å². The minimum Gasteiger partial charge on any atom is -0.456 e. The van der Waals surface area contributed by atoms with Crippen LogP contribution in [0.25, 0.3) is 65.5 Å². The molecule has 0 aliphatic rings. The smallest absolute Gasteiger partial charge is 0.136 e. The van der Waals surface area contributed by atoms with Gasteiger partial charge in [-0.1, -0.05) is 54.6 Å². The summed E-state index contributed by atoms with van der Waals surface area (Å²) in [5.41, 5.74) is 3.86. The molecule has 0 unspecified atom stereocenters. The Hall–Kier alpha value is -4.17. The Morgan fingerprint density at radius 3 is 2.03 bits per heavy atom. The molecule has 0 radical (unpaired) electrons. The fraction of sp³-hybridized carbons (Fsp3) is 0. The normalized spacial score (nSPS) is 11.9. The molecule has 0 aliphatic heterocycles. The lowest BCUT2D eigenvalue weighted by Crippen LogP contribution is -1.85. The maximum Gasteiger partial charge on any atom is 0.136 e. The van der Waals surface area contributed by atoms with Crippen LogP contribution in [-0.2, 0) is 0 Å². The Bertz CT molecular complexity index is 1790. The average molecular weight is 395 g/mol. The topological polar surface area (TPSA) is 26.0 Å². The highest BCUT2D eigenvalue weighted by Gasteiger charge is 2.12. The molecule has 0 amide bonds. The van der Waals surface area contributed by atoms with Crippen LogP contribution in [0.1, 0.15) is 0 Å². The largest absolute Gasteiger partial charge is 0.456 e. The maximum atomic E-state index is 6.32. The van der Waals surface area contributed by atoms with Crippen molar-refractivity contribution >= 4 is 54.3 Å². The third kappa shape index (κ3) is 2.48. The second-order valence-corrected chi connectivity index (χ2v) is 8.09. The molecule has 0 bridgehead atoms. The van der Waals surface area contributed by atoms with Gasteiger partial charge in [-0.3, -0.25) is 4.98 Å². The molecule has 0 fully saturated rings. The van der Waals surface area contributed by atoms with Crippen molar-refractivity contribution in [2.45, 2.75) is 0 Å². The zero-order valence-corrected chi connectivity index (χ0v) is 16.7. The summed E-state index contributed by atoms with van der Waals surface area (Å²) in [5, 5.41) is 9.55. The first-order chi connectivity index (χ1) is 15.3. The number of nitrogens with zero attached hydrogens (tertiary/aromatic N) is 1. The number of aromatic nitrogens is 1. The van der Waals surface area contributed by atoms with Crippen molar-refractivity contribution in [1.82, 2.24) is 4.98 Å². The van der Waals surface area contributed by atoms with Gasteiger partial charge in [-0.05, 0) is 69.4 Å².